The fourth-order valence-corrected chi connectivity index (χ4v) is 6.55. The molecular weight excluding hydrogens is 458 g/mol. The van der Waals surface area contributed by atoms with E-state index in [0.717, 1.165) is 64.6 Å². The number of nitrogens with one attached hydrogen (secondary N) is 1. The first-order chi connectivity index (χ1) is 18.2. The Labute approximate surface area is 219 Å². The first kappa shape index (κ1) is 24.0. The van der Waals surface area contributed by atoms with Crippen LogP contribution in [-0.2, 0) is 4.79 Å². The molecule has 1 N–H and O–H groups in total. The largest absolute Gasteiger partial charge is 0.497 e. The Morgan fingerprint density at radius 3 is 2.38 bits per heavy atom. The highest BCUT2D eigenvalue weighted by Gasteiger charge is 2.35. The molecule has 192 valence electrons. The van der Waals surface area contributed by atoms with Gasteiger partial charge in [-0.3, -0.25) is 4.79 Å². The summed E-state index contributed by atoms with van der Waals surface area (Å²) in [6, 6.07) is 21.0. The van der Waals surface area contributed by atoms with Gasteiger partial charge >= 0.3 is 0 Å². The molecule has 1 unspecified atom stereocenters. The molecular formula is C32H37N3O2. The lowest BCUT2D eigenvalue weighted by atomic mass is 9.82. The SMILES string of the molecule is COc1ccc2cc(-c3nc4ccccc4n3C(C(=O)NC3CCCCC3)C3CCCCC3)ccc2c1. The Kier molecular flexibility index (Phi) is 6.86. The van der Waals surface area contributed by atoms with Gasteiger partial charge in [0.25, 0.3) is 0 Å². The Bertz CT molecular complexity index is 1400. The van der Waals surface area contributed by atoms with E-state index in [1.807, 2.05) is 12.1 Å². The van der Waals surface area contributed by atoms with Crippen LogP contribution < -0.4 is 10.1 Å². The van der Waals surface area contributed by atoms with Gasteiger partial charge in [-0.05, 0) is 72.7 Å². The first-order valence-corrected chi connectivity index (χ1v) is 14.1. The third-order valence-corrected chi connectivity index (χ3v) is 8.50. The summed E-state index contributed by atoms with van der Waals surface area (Å²) in [5, 5.41) is 5.75. The topological polar surface area (TPSA) is 56.2 Å². The van der Waals surface area contributed by atoms with Crippen molar-refractivity contribution < 1.29 is 9.53 Å². The Morgan fingerprint density at radius 1 is 0.892 bits per heavy atom. The zero-order valence-electron chi connectivity index (χ0n) is 21.8. The van der Waals surface area contributed by atoms with E-state index in [4.69, 9.17) is 9.72 Å². The smallest absolute Gasteiger partial charge is 0.243 e. The molecule has 5 heteroatoms. The lowest BCUT2D eigenvalue weighted by molar-refractivity contribution is -0.127. The van der Waals surface area contributed by atoms with Gasteiger partial charge in [0.15, 0.2) is 0 Å². The summed E-state index contributed by atoms with van der Waals surface area (Å²) in [4.78, 5) is 19.3. The summed E-state index contributed by atoms with van der Waals surface area (Å²) in [6.07, 6.45) is 11.7. The van der Waals surface area contributed by atoms with Crippen molar-refractivity contribution in [3.63, 3.8) is 0 Å². The molecule has 0 saturated heterocycles. The molecule has 0 spiro atoms. The van der Waals surface area contributed by atoms with Gasteiger partial charge in [0, 0.05) is 11.6 Å². The highest BCUT2D eigenvalue weighted by molar-refractivity contribution is 5.91. The van der Waals surface area contributed by atoms with Crippen molar-refractivity contribution in [1.29, 1.82) is 0 Å². The molecule has 2 aliphatic carbocycles. The van der Waals surface area contributed by atoms with Crippen LogP contribution in [0.15, 0.2) is 60.7 Å². The number of fused-ring (bicyclic) bond motifs is 2. The minimum atomic E-state index is -0.254. The highest BCUT2D eigenvalue weighted by Crippen LogP contribution is 2.39. The van der Waals surface area contributed by atoms with Crippen LogP contribution in [0.1, 0.15) is 70.3 Å². The van der Waals surface area contributed by atoms with E-state index >= 15 is 0 Å². The highest BCUT2D eigenvalue weighted by atomic mass is 16.5. The molecule has 1 amide bonds. The van der Waals surface area contributed by atoms with E-state index in [2.05, 4.69) is 58.4 Å². The van der Waals surface area contributed by atoms with Gasteiger partial charge in [-0.15, -0.1) is 0 Å². The quantitative estimate of drug-likeness (QED) is 0.302. The van der Waals surface area contributed by atoms with Crippen molar-refractivity contribution in [2.24, 2.45) is 5.92 Å². The number of imidazole rings is 1. The normalized spacial score (nSPS) is 18.2. The number of carbonyl (C=O) groups excluding carboxylic acids is 1. The monoisotopic (exact) mass is 495 g/mol. The summed E-state index contributed by atoms with van der Waals surface area (Å²) in [7, 11) is 1.70. The molecule has 3 aromatic carbocycles. The van der Waals surface area contributed by atoms with Gasteiger partial charge in [-0.25, -0.2) is 4.98 Å². The van der Waals surface area contributed by atoms with Crippen LogP contribution in [0.25, 0.3) is 33.2 Å². The van der Waals surface area contributed by atoms with Gasteiger partial charge < -0.3 is 14.6 Å². The van der Waals surface area contributed by atoms with Crippen LogP contribution in [0.5, 0.6) is 5.75 Å². The van der Waals surface area contributed by atoms with Crippen molar-refractivity contribution >= 4 is 27.7 Å². The van der Waals surface area contributed by atoms with Crippen LogP contribution in [0.4, 0.5) is 0 Å². The molecule has 2 aliphatic rings. The van der Waals surface area contributed by atoms with Crippen molar-refractivity contribution in [3.05, 3.63) is 60.7 Å². The van der Waals surface area contributed by atoms with Crippen molar-refractivity contribution in [2.45, 2.75) is 76.3 Å². The summed E-state index contributed by atoms with van der Waals surface area (Å²) in [6.45, 7) is 0. The molecule has 37 heavy (non-hydrogen) atoms. The second-order valence-electron chi connectivity index (χ2n) is 10.9. The summed E-state index contributed by atoms with van der Waals surface area (Å²) < 4.78 is 7.69. The zero-order valence-corrected chi connectivity index (χ0v) is 21.8. The zero-order chi connectivity index (χ0) is 25.2. The van der Waals surface area contributed by atoms with Gasteiger partial charge in [0.1, 0.15) is 17.6 Å². The molecule has 2 saturated carbocycles. The van der Waals surface area contributed by atoms with Gasteiger partial charge in [0.05, 0.1) is 18.1 Å². The molecule has 1 aromatic heterocycles. The minimum Gasteiger partial charge on any atom is -0.497 e. The van der Waals surface area contributed by atoms with Crippen molar-refractivity contribution in [1.82, 2.24) is 14.9 Å². The first-order valence-electron chi connectivity index (χ1n) is 14.1. The van der Waals surface area contributed by atoms with E-state index in [0.29, 0.717) is 12.0 Å². The molecule has 0 bridgehead atoms. The third-order valence-electron chi connectivity index (χ3n) is 8.50. The fourth-order valence-electron chi connectivity index (χ4n) is 6.55. The van der Waals surface area contributed by atoms with Gasteiger partial charge in [-0.2, -0.15) is 0 Å². The molecule has 1 heterocycles. The van der Waals surface area contributed by atoms with Crippen molar-refractivity contribution in [3.8, 4) is 17.1 Å². The standard InChI is InChI=1S/C32H37N3O2/c1-37-27-19-18-23-20-25(17-16-24(23)21-27)31-34-28-14-8-9-15-29(28)35(31)30(22-10-4-2-5-11-22)32(36)33-26-12-6-3-7-13-26/h8-9,14-22,26,30H,2-7,10-13H2,1H3,(H,33,36). The summed E-state index contributed by atoms with van der Waals surface area (Å²) in [5.74, 6) is 2.23. The molecule has 2 fully saturated rings. The maximum absolute atomic E-state index is 14.1. The number of carbonyl (C=O) groups is 1. The minimum absolute atomic E-state index is 0.175. The second-order valence-corrected chi connectivity index (χ2v) is 10.9. The van der Waals surface area contributed by atoms with E-state index in [9.17, 15) is 4.79 Å². The number of amides is 1. The van der Waals surface area contributed by atoms with Crippen molar-refractivity contribution in [2.75, 3.05) is 7.11 Å². The predicted molar refractivity (Wildman–Crippen MR) is 150 cm³/mol. The summed E-state index contributed by atoms with van der Waals surface area (Å²) >= 11 is 0. The summed E-state index contributed by atoms with van der Waals surface area (Å²) in [5.41, 5.74) is 3.03. The maximum Gasteiger partial charge on any atom is 0.243 e. The van der Waals surface area contributed by atoms with Crippen LogP contribution in [0.3, 0.4) is 0 Å². The van der Waals surface area contributed by atoms with E-state index in [1.54, 1.807) is 7.11 Å². The van der Waals surface area contributed by atoms with Gasteiger partial charge in [0.2, 0.25) is 5.91 Å². The number of methoxy groups -OCH3 is 1. The molecule has 0 aliphatic heterocycles. The van der Waals surface area contributed by atoms with Gasteiger partial charge in [-0.1, -0.05) is 68.9 Å². The predicted octanol–water partition coefficient (Wildman–Crippen LogP) is 7.44. The van der Waals surface area contributed by atoms with Crippen LogP contribution in [0, 0.1) is 5.92 Å². The molecule has 1 atom stereocenters. The number of aromatic nitrogens is 2. The fraction of sp³-hybridized carbons (Fsp3) is 0.438. The molecule has 5 nitrogen and oxygen atoms in total. The third kappa shape index (κ3) is 4.84. The number of ether oxygens (including phenoxy) is 1. The van der Waals surface area contributed by atoms with E-state index < -0.39 is 0 Å². The number of hydrogen-bond donors (Lipinski definition) is 1. The lowest BCUT2D eigenvalue weighted by Crippen LogP contribution is -2.43. The second kappa shape index (κ2) is 10.6. The number of hydrogen-bond acceptors (Lipinski definition) is 3. The Balaban J connectivity index is 1.47. The lowest BCUT2D eigenvalue weighted by Gasteiger charge is -2.33. The van der Waals surface area contributed by atoms with Crippen LogP contribution >= 0.6 is 0 Å². The van der Waals surface area contributed by atoms with Crippen LogP contribution in [0.2, 0.25) is 0 Å². The average Bonchev–Trinajstić information content (AvgIpc) is 3.33. The molecule has 0 radical (unpaired) electrons. The van der Waals surface area contributed by atoms with E-state index in [-0.39, 0.29) is 11.9 Å². The van der Waals surface area contributed by atoms with E-state index in [1.165, 1.54) is 38.5 Å². The average molecular weight is 496 g/mol. The number of nitrogens with zero attached hydrogens (tertiary/aromatic N) is 2. The van der Waals surface area contributed by atoms with Crippen LogP contribution in [-0.4, -0.2) is 28.6 Å². The number of rotatable bonds is 6. The number of benzene rings is 3. The number of para-hydroxylation sites is 2. The Hall–Kier alpha value is -3.34. The molecule has 6 rings (SSSR count). The molecule has 4 aromatic rings. The maximum atomic E-state index is 14.1. The Morgan fingerprint density at radius 2 is 1.59 bits per heavy atom.